The van der Waals surface area contributed by atoms with Crippen LogP contribution in [-0.4, -0.2) is 29.9 Å². The molecule has 0 aliphatic carbocycles. The Hall–Kier alpha value is -1.79. The first-order chi connectivity index (χ1) is 12.5. The van der Waals surface area contributed by atoms with Gasteiger partial charge in [0.05, 0.1) is 22.5 Å². The van der Waals surface area contributed by atoms with E-state index >= 15 is 0 Å². The molecule has 0 amide bonds. The van der Waals surface area contributed by atoms with Crippen LogP contribution in [0.3, 0.4) is 0 Å². The number of hydrogen-bond donors (Lipinski definition) is 2. The maximum atomic E-state index is 12.7. The number of carbonyl (C=O) groups excluding carboxylic acids is 1. The van der Waals surface area contributed by atoms with Gasteiger partial charge in [-0.15, -0.1) is 0 Å². The van der Waals surface area contributed by atoms with Crippen molar-refractivity contribution in [2.24, 2.45) is 5.14 Å². The van der Waals surface area contributed by atoms with Gasteiger partial charge in [-0.3, -0.25) is 0 Å². The van der Waals surface area contributed by atoms with E-state index in [1.165, 1.54) is 43.5 Å². The Balaban J connectivity index is 2.35. The standard InChI is InChI=1S/C16H17BrN2O6S2/c1-10(11-4-3-5-12(8-11)26(18,21)22)19-27(23,24)13-6-7-15(17)14(9-13)16(20)25-2/h3-10,19H,1-2H3,(H2,18,21,22). The van der Waals surface area contributed by atoms with Crippen LogP contribution in [0.15, 0.2) is 56.7 Å². The van der Waals surface area contributed by atoms with Gasteiger partial charge in [0.15, 0.2) is 0 Å². The molecule has 27 heavy (non-hydrogen) atoms. The summed E-state index contributed by atoms with van der Waals surface area (Å²) in [6.45, 7) is 1.56. The van der Waals surface area contributed by atoms with Gasteiger partial charge >= 0.3 is 5.97 Å². The molecule has 2 rings (SSSR count). The Morgan fingerprint density at radius 3 is 2.37 bits per heavy atom. The van der Waals surface area contributed by atoms with Gasteiger partial charge < -0.3 is 4.74 Å². The quantitative estimate of drug-likeness (QED) is 0.611. The van der Waals surface area contributed by atoms with E-state index in [4.69, 9.17) is 5.14 Å². The van der Waals surface area contributed by atoms with E-state index in [0.29, 0.717) is 10.0 Å². The average molecular weight is 477 g/mol. The highest BCUT2D eigenvalue weighted by molar-refractivity contribution is 9.10. The summed E-state index contributed by atoms with van der Waals surface area (Å²) in [5, 5.41) is 5.10. The van der Waals surface area contributed by atoms with Crippen LogP contribution in [0.2, 0.25) is 0 Å². The van der Waals surface area contributed by atoms with Crippen LogP contribution in [0, 0.1) is 0 Å². The lowest BCUT2D eigenvalue weighted by molar-refractivity contribution is 0.0599. The molecule has 0 aliphatic rings. The zero-order valence-electron chi connectivity index (χ0n) is 14.3. The lowest BCUT2D eigenvalue weighted by Gasteiger charge is -2.16. The number of esters is 1. The lowest BCUT2D eigenvalue weighted by atomic mass is 10.1. The number of primary sulfonamides is 1. The molecule has 0 saturated heterocycles. The Kier molecular flexibility index (Phi) is 6.43. The number of methoxy groups -OCH3 is 1. The van der Waals surface area contributed by atoms with Crippen molar-refractivity contribution in [2.45, 2.75) is 22.8 Å². The Bertz CT molecular complexity index is 1080. The SMILES string of the molecule is COC(=O)c1cc(S(=O)(=O)NC(C)c2cccc(S(N)(=O)=O)c2)ccc1Br. The molecule has 8 nitrogen and oxygen atoms in total. The first-order valence-corrected chi connectivity index (χ1v) is 11.3. The fraction of sp³-hybridized carbons (Fsp3) is 0.188. The maximum absolute atomic E-state index is 12.7. The highest BCUT2D eigenvalue weighted by Gasteiger charge is 2.22. The molecule has 0 radical (unpaired) electrons. The van der Waals surface area contributed by atoms with Crippen molar-refractivity contribution in [1.82, 2.24) is 4.72 Å². The molecule has 0 bridgehead atoms. The number of halogens is 1. The fourth-order valence-corrected chi connectivity index (χ4v) is 4.50. The molecular weight excluding hydrogens is 460 g/mol. The van der Waals surface area contributed by atoms with Crippen molar-refractivity contribution in [3.8, 4) is 0 Å². The predicted octanol–water partition coefficient (Wildman–Crippen LogP) is 1.92. The topological polar surface area (TPSA) is 133 Å². The van der Waals surface area contributed by atoms with Crippen LogP contribution in [0.4, 0.5) is 0 Å². The van der Waals surface area contributed by atoms with Gasteiger partial charge in [0, 0.05) is 10.5 Å². The van der Waals surface area contributed by atoms with Crippen molar-refractivity contribution in [3.63, 3.8) is 0 Å². The third-order valence-electron chi connectivity index (χ3n) is 3.67. The molecule has 1 atom stereocenters. The Labute approximate surface area is 166 Å². The van der Waals surface area contributed by atoms with E-state index in [0.717, 1.165) is 0 Å². The predicted molar refractivity (Wildman–Crippen MR) is 102 cm³/mol. The van der Waals surface area contributed by atoms with Crippen molar-refractivity contribution in [3.05, 3.63) is 58.1 Å². The van der Waals surface area contributed by atoms with Crippen LogP contribution in [-0.2, 0) is 24.8 Å². The number of nitrogens with one attached hydrogen (secondary N) is 1. The summed E-state index contributed by atoms with van der Waals surface area (Å²) in [4.78, 5) is 11.5. The third-order valence-corrected chi connectivity index (χ3v) is 6.81. The molecule has 0 spiro atoms. The first-order valence-electron chi connectivity index (χ1n) is 7.48. The summed E-state index contributed by atoms with van der Waals surface area (Å²) in [7, 11) is -6.72. The molecule has 1 unspecified atom stereocenters. The number of ether oxygens (including phenoxy) is 1. The van der Waals surface area contributed by atoms with E-state index in [2.05, 4.69) is 25.4 Å². The van der Waals surface area contributed by atoms with Crippen LogP contribution >= 0.6 is 15.9 Å². The zero-order chi connectivity index (χ0) is 20.4. The minimum absolute atomic E-state index is 0.0595. The monoisotopic (exact) mass is 476 g/mol. The number of sulfonamides is 2. The van der Waals surface area contributed by atoms with Gasteiger partial charge in [-0.05, 0) is 58.7 Å². The van der Waals surface area contributed by atoms with Gasteiger partial charge in [-0.2, -0.15) is 0 Å². The molecule has 0 saturated carbocycles. The summed E-state index contributed by atoms with van der Waals surface area (Å²) in [5.74, 6) is -0.687. The van der Waals surface area contributed by atoms with Gasteiger partial charge in [0.25, 0.3) is 0 Å². The summed E-state index contributed by atoms with van der Waals surface area (Å²) in [5.41, 5.74) is 0.472. The van der Waals surface area contributed by atoms with Gasteiger partial charge in [0.1, 0.15) is 0 Å². The highest BCUT2D eigenvalue weighted by Crippen LogP contribution is 2.24. The minimum atomic E-state index is -4.00. The van der Waals surface area contributed by atoms with Crippen LogP contribution in [0.1, 0.15) is 28.9 Å². The number of rotatable bonds is 6. The second-order valence-corrected chi connectivity index (χ2v) is 9.72. The summed E-state index contributed by atoms with van der Waals surface area (Å²) in [6, 6.07) is 8.84. The molecule has 2 aromatic rings. The van der Waals surface area contributed by atoms with Crippen molar-refractivity contribution >= 4 is 41.9 Å². The molecule has 0 aromatic heterocycles. The van der Waals surface area contributed by atoms with Crippen LogP contribution in [0.25, 0.3) is 0 Å². The van der Waals surface area contributed by atoms with Crippen LogP contribution < -0.4 is 9.86 Å². The lowest BCUT2D eigenvalue weighted by Crippen LogP contribution is -2.27. The van der Waals surface area contributed by atoms with Crippen molar-refractivity contribution in [2.75, 3.05) is 7.11 Å². The molecular formula is C16H17BrN2O6S2. The second kappa shape index (κ2) is 8.07. The Morgan fingerprint density at radius 1 is 1.11 bits per heavy atom. The highest BCUT2D eigenvalue weighted by atomic mass is 79.9. The van der Waals surface area contributed by atoms with Gasteiger partial charge in [-0.1, -0.05) is 12.1 Å². The summed E-state index contributed by atoms with van der Waals surface area (Å²) in [6.07, 6.45) is 0. The molecule has 146 valence electrons. The number of hydrogen-bond acceptors (Lipinski definition) is 6. The van der Waals surface area contributed by atoms with Crippen molar-refractivity contribution < 1.29 is 26.4 Å². The van der Waals surface area contributed by atoms with E-state index in [1.54, 1.807) is 13.0 Å². The number of nitrogens with two attached hydrogens (primary N) is 1. The number of benzene rings is 2. The van der Waals surface area contributed by atoms with E-state index in [-0.39, 0.29) is 15.4 Å². The first kappa shape index (κ1) is 21.5. The molecule has 0 aliphatic heterocycles. The third kappa shape index (κ3) is 5.14. The normalized spacial score (nSPS) is 13.2. The fourth-order valence-electron chi connectivity index (χ4n) is 2.27. The average Bonchev–Trinajstić information content (AvgIpc) is 2.60. The van der Waals surface area contributed by atoms with E-state index < -0.39 is 32.1 Å². The number of carbonyl (C=O) groups is 1. The second-order valence-electron chi connectivity index (χ2n) is 5.59. The molecule has 2 aromatic carbocycles. The minimum Gasteiger partial charge on any atom is -0.465 e. The largest absolute Gasteiger partial charge is 0.465 e. The van der Waals surface area contributed by atoms with E-state index in [1.807, 2.05) is 0 Å². The maximum Gasteiger partial charge on any atom is 0.339 e. The molecule has 0 fully saturated rings. The van der Waals surface area contributed by atoms with Gasteiger partial charge in [0.2, 0.25) is 20.0 Å². The van der Waals surface area contributed by atoms with Crippen LogP contribution in [0.5, 0.6) is 0 Å². The summed E-state index contributed by atoms with van der Waals surface area (Å²) >= 11 is 3.17. The van der Waals surface area contributed by atoms with Gasteiger partial charge in [-0.25, -0.2) is 31.5 Å². The smallest absolute Gasteiger partial charge is 0.339 e. The summed E-state index contributed by atoms with van der Waals surface area (Å²) < 4.78 is 55.7. The zero-order valence-corrected chi connectivity index (χ0v) is 17.6. The Morgan fingerprint density at radius 2 is 1.78 bits per heavy atom. The molecule has 11 heteroatoms. The van der Waals surface area contributed by atoms with E-state index in [9.17, 15) is 21.6 Å². The molecule has 0 heterocycles. The molecule has 3 N–H and O–H groups in total. The van der Waals surface area contributed by atoms with Crippen molar-refractivity contribution in [1.29, 1.82) is 0 Å².